The highest BCUT2D eigenvalue weighted by Crippen LogP contribution is 2.24. The minimum absolute atomic E-state index is 0.379. The molecule has 0 aromatic rings. The normalized spacial score (nSPS) is 41.8. The molecule has 0 radical (unpaired) electrons. The van der Waals surface area contributed by atoms with Crippen LogP contribution < -0.4 is 5.32 Å². The molecule has 0 aromatic heterocycles. The number of rotatable bonds is 0. The van der Waals surface area contributed by atoms with Crippen LogP contribution in [-0.2, 0) is 9.59 Å². The zero-order valence-corrected chi connectivity index (χ0v) is 5.70. The molecule has 2 rings (SSSR count). The number of fused-ring (bicyclic) bond motifs is 1. The van der Waals surface area contributed by atoms with Crippen molar-refractivity contribution in [2.75, 3.05) is 0 Å². The van der Waals surface area contributed by atoms with Crippen LogP contribution in [0.25, 0.3) is 0 Å². The van der Waals surface area contributed by atoms with Gasteiger partial charge in [-0.25, -0.2) is 0 Å². The van der Waals surface area contributed by atoms with Crippen LogP contribution in [0, 0.1) is 11.8 Å². The van der Waals surface area contributed by atoms with Crippen LogP contribution >= 0.6 is 0 Å². The number of hydrogen-bond donors (Lipinski definition) is 1. The molecule has 1 fully saturated rings. The summed E-state index contributed by atoms with van der Waals surface area (Å²) in [6.07, 6.45) is 6.31. The highest BCUT2D eigenvalue weighted by molar-refractivity contribution is 6.07. The number of hydrogen-bond acceptors (Lipinski definition) is 2. The van der Waals surface area contributed by atoms with E-state index in [0.29, 0.717) is 0 Å². The number of amides is 2. The largest absolute Gasteiger partial charge is 0.295 e. The summed E-state index contributed by atoms with van der Waals surface area (Å²) in [6.45, 7) is 0. The average Bonchev–Trinajstić information content (AvgIpc) is 2.25. The molecule has 2 amide bonds. The summed E-state index contributed by atoms with van der Waals surface area (Å²) < 4.78 is 7.70. The minimum atomic E-state index is -1.40. The van der Waals surface area contributed by atoms with Crippen LogP contribution in [-0.4, -0.2) is 11.8 Å². The van der Waals surface area contributed by atoms with Gasteiger partial charge in [-0.3, -0.25) is 14.9 Å². The van der Waals surface area contributed by atoms with Gasteiger partial charge in [0.25, 0.3) is 0 Å². The predicted octanol–water partition coefficient (Wildman–Crippen LogP) is 0.00120. The second-order valence-corrected chi connectivity index (χ2v) is 2.50. The molecule has 56 valence electrons. The van der Waals surface area contributed by atoms with Gasteiger partial charge in [-0.05, 0) is 0 Å². The second-order valence-electron chi connectivity index (χ2n) is 2.50. The Bertz CT molecular complexity index is 321. The van der Waals surface area contributed by atoms with Gasteiger partial charge in [-0.15, -0.1) is 0 Å². The fourth-order valence-corrected chi connectivity index (χ4v) is 1.25. The van der Waals surface area contributed by atoms with Crippen LogP contribution in [0.1, 0.15) is 1.37 Å². The molecule has 0 bridgehead atoms. The monoisotopic (exact) mass is 150 g/mol. The van der Waals surface area contributed by atoms with Gasteiger partial charge >= 0.3 is 0 Å². The molecule has 0 aromatic carbocycles. The lowest BCUT2D eigenvalue weighted by Gasteiger charge is -2.08. The van der Waals surface area contributed by atoms with Crippen molar-refractivity contribution >= 4 is 11.8 Å². The van der Waals surface area contributed by atoms with Crippen LogP contribution in [0.3, 0.4) is 0 Å². The quantitative estimate of drug-likeness (QED) is 0.494. The summed E-state index contributed by atoms with van der Waals surface area (Å²) in [4.78, 5) is 22.2. The molecule has 0 spiro atoms. The standard InChI is InChI=1S/C8H7NO2/c10-7-5-3-1-2-4-6(5)8(11)9-7/h1-6H,(H,9,10,11)/i5D. The van der Waals surface area contributed by atoms with Crippen molar-refractivity contribution in [3.63, 3.8) is 0 Å². The first kappa shape index (κ1) is 5.29. The van der Waals surface area contributed by atoms with E-state index in [1.807, 2.05) is 0 Å². The third kappa shape index (κ3) is 0.808. The van der Waals surface area contributed by atoms with Gasteiger partial charge in [0, 0.05) is 1.37 Å². The molecule has 1 N–H and O–H groups in total. The van der Waals surface area contributed by atoms with Crippen LogP contribution in [0.5, 0.6) is 0 Å². The van der Waals surface area contributed by atoms with E-state index in [1.165, 1.54) is 6.08 Å². The van der Waals surface area contributed by atoms with E-state index >= 15 is 0 Å². The Labute approximate surface area is 65.2 Å². The Balaban J connectivity index is 2.49. The fourth-order valence-electron chi connectivity index (χ4n) is 1.25. The topological polar surface area (TPSA) is 46.2 Å². The van der Waals surface area contributed by atoms with Gasteiger partial charge in [-0.1, -0.05) is 24.3 Å². The summed E-state index contributed by atoms with van der Waals surface area (Å²) >= 11 is 0. The van der Waals surface area contributed by atoms with Gasteiger partial charge in [0.1, 0.15) is 0 Å². The average molecular weight is 150 g/mol. The molecule has 1 saturated heterocycles. The first-order chi connectivity index (χ1) is 5.64. The first-order valence-corrected chi connectivity index (χ1v) is 3.36. The lowest BCUT2D eigenvalue weighted by atomic mass is 9.91. The maximum Gasteiger partial charge on any atom is 0.234 e. The highest BCUT2D eigenvalue weighted by Gasteiger charge is 2.38. The van der Waals surface area contributed by atoms with E-state index in [4.69, 9.17) is 1.37 Å². The molecule has 1 heterocycles. The first-order valence-electron chi connectivity index (χ1n) is 3.86. The van der Waals surface area contributed by atoms with Crippen LogP contribution in [0.4, 0.5) is 0 Å². The van der Waals surface area contributed by atoms with Crippen molar-refractivity contribution in [1.29, 1.82) is 0 Å². The molecule has 0 saturated carbocycles. The Morgan fingerprint density at radius 1 is 1.27 bits per heavy atom. The molecule has 11 heavy (non-hydrogen) atoms. The van der Waals surface area contributed by atoms with Crippen molar-refractivity contribution in [2.45, 2.75) is 0 Å². The number of allylic oxidation sites excluding steroid dienone is 2. The Morgan fingerprint density at radius 2 is 2.00 bits per heavy atom. The molecule has 3 heteroatoms. The van der Waals surface area contributed by atoms with Crippen LogP contribution in [0.2, 0.25) is 0 Å². The SMILES string of the molecule is [2H]C12C=CC=CC1C(=O)NC2=O. The smallest absolute Gasteiger partial charge is 0.234 e. The third-order valence-electron chi connectivity index (χ3n) is 1.81. The number of carbonyl (C=O) groups is 2. The molecule has 1 aliphatic heterocycles. The number of nitrogens with one attached hydrogen (secondary N) is 1. The molecule has 2 atom stereocenters. The lowest BCUT2D eigenvalue weighted by Crippen LogP contribution is -2.21. The second kappa shape index (κ2) is 2.05. The fraction of sp³-hybridized carbons (Fsp3) is 0.250. The molecular formula is C8H7NO2. The van der Waals surface area contributed by atoms with Crippen molar-refractivity contribution in [3.05, 3.63) is 24.3 Å². The van der Waals surface area contributed by atoms with Gasteiger partial charge in [-0.2, -0.15) is 0 Å². The van der Waals surface area contributed by atoms with E-state index in [1.54, 1.807) is 18.2 Å². The van der Waals surface area contributed by atoms with Crippen molar-refractivity contribution in [1.82, 2.24) is 5.32 Å². The van der Waals surface area contributed by atoms with Crippen molar-refractivity contribution in [2.24, 2.45) is 11.8 Å². The highest BCUT2D eigenvalue weighted by atomic mass is 16.2. The Hall–Kier alpha value is -1.38. The zero-order valence-electron chi connectivity index (χ0n) is 6.70. The maximum atomic E-state index is 11.1. The number of carbonyl (C=O) groups excluding carboxylic acids is 2. The Kier molecular flexibility index (Phi) is 0.987. The van der Waals surface area contributed by atoms with Gasteiger partial charge < -0.3 is 0 Å². The van der Waals surface area contributed by atoms with Crippen molar-refractivity contribution in [3.8, 4) is 0 Å². The maximum absolute atomic E-state index is 11.1. The van der Waals surface area contributed by atoms with E-state index in [9.17, 15) is 9.59 Å². The van der Waals surface area contributed by atoms with Crippen LogP contribution in [0.15, 0.2) is 24.3 Å². The minimum Gasteiger partial charge on any atom is -0.295 e. The molecule has 2 aliphatic rings. The summed E-state index contributed by atoms with van der Waals surface area (Å²) in [5, 5.41) is 2.13. The van der Waals surface area contributed by atoms with Crippen molar-refractivity contribution < 1.29 is 11.0 Å². The van der Waals surface area contributed by atoms with E-state index in [2.05, 4.69) is 5.32 Å². The molecular weight excluding hydrogens is 142 g/mol. The molecule has 3 nitrogen and oxygen atoms in total. The van der Waals surface area contributed by atoms with E-state index in [0.717, 1.165) is 0 Å². The summed E-state index contributed by atoms with van der Waals surface area (Å²) in [6, 6.07) is 0. The third-order valence-corrected chi connectivity index (χ3v) is 1.81. The van der Waals surface area contributed by atoms with Gasteiger partial charge in [0.2, 0.25) is 11.8 Å². The Morgan fingerprint density at radius 3 is 2.73 bits per heavy atom. The van der Waals surface area contributed by atoms with Gasteiger partial charge in [0.05, 0.1) is 11.8 Å². The summed E-state index contributed by atoms with van der Waals surface area (Å²) in [7, 11) is 0. The zero-order chi connectivity index (χ0) is 8.77. The van der Waals surface area contributed by atoms with E-state index in [-0.39, 0.29) is 5.91 Å². The van der Waals surface area contributed by atoms with Gasteiger partial charge in [0.15, 0.2) is 0 Å². The summed E-state index contributed by atoms with van der Waals surface area (Å²) in [5.41, 5.74) is 0. The van der Waals surface area contributed by atoms with E-state index < -0.39 is 17.7 Å². The lowest BCUT2D eigenvalue weighted by molar-refractivity contribution is -0.125. The number of imide groups is 1. The predicted molar refractivity (Wildman–Crippen MR) is 38.4 cm³/mol. The molecule has 1 aliphatic carbocycles. The molecule has 2 unspecified atom stereocenters. The summed E-state index contributed by atoms with van der Waals surface area (Å²) in [5.74, 6) is -2.95.